The molecule has 248 valence electrons. The van der Waals surface area contributed by atoms with E-state index in [0.29, 0.717) is 12.8 Å². The Bertz CT molecular complexity index is 738. The summed E-state index contributed by atoms with van der Waals surface area (Å²) < 4.78 is 28.6. The van der Waals surface area contributed by atoms with Gasteiger partial charge in [0.1, 0.15) is 25.4 Å². The van der Waals surface area contributed by atoms with E-state index in [1.807, 2.05) is 0 Å². The fraction of sp³-hybridized carbons (Fsp3) is 0.944. The summed E-state index contributed by atoms with van der Waals surface area (Å²) >= 11 is 0. The van der Waals surface area contributed by atoms with Gasteiger partial charge in [0.05, 0.1) is 36.3 Å². The zero-order chi connectivity index (χ0) is 30.3. The second-order valence-corrected chi connectivity index (χ2v) is 13.8. The molecule has 4 fully saturated rings. The van der Waals surface area contributed by atoms with Crippen molar-refractivity contribution in [3.63, 3.8) is 0 Å². The maximum Gasteiger partial charge on any atom is 0.310 e. The van der Waals surface area contributed by atoms with Crippen molar-refractivity contribution in [1.29, 1.82) is 0 Å². The van der Waals surface area contributed by atoms with Crippen LogP contribution in [0.1, 0.15) is 155 Å². The Balaban J connectivity index is 1.02. The van der Waals surface area contributed by atoms with Crippen LogP contribution < -0.4 is 0 Å². The van der Waals surface area contributed by atoms with E-state index in [1.54, 1.807) is 0 Å². The van der Waals surface area contributed by atoms with Gasteiger partial charge in [0, 0.05) is 0 Å². The van der Waals surface area contributed by atoms with Gasteiger partial charge in [0.25, 0.3) is 0 Å². The molecule has 0 aromatic heterocycles. The van der Waals surface area contributed by atoms with E-state index in [4.69, 9.17) is 23.7 Å². The first-order valence-electron chi connectivity index (χ1n) is 18.4. The van der Waals surface area contributed by atoms with Crippen molar-refractivity contribution in [2.24, 2.45) is 11.8 Å². The summed E-state index contributed by atoms with van der Waals surface area (Å²) in [6.45, 7) is 5.08. The van der Waals surface area contributed by atoms with Gasteiger partial charge >= 0.3 is 11.9 Å². The normalized spacial score (nSPS) is 30.5. The minimum absolute atomic E-state index is 0.00616. The van der Waals surface area contributed by atoms with E-state index in [2.05, 4.69) is 13.8 Å². The van der Waals surface area contributed by atoms with Crippen LogP contribution in [0.5, 0.6) is 0 Å². The zero-order valence-corrected chi connectivity index (χ0v) is 27.4. The van der Waals surface area contributed by atoms with Crippen molar-refractivity contribution < 1.29 is 33.3 Å². The summed E-state index contributed by atoms with van der Waals surface area (Å²) in [5.41, 5.74) is 0. The Morgan fingerprint density at radius 1 is 0.488 bits per heavy atom. The van der Waals surface area contributed by atoms with Crippen molar-refractivity contribution >= 4 is 11.9 Å². The first-order valence-corrected chi connectivity index (χ1v) is 18.4. The Hall–Kier alpha value is -1.18. The molecule has 4 aliphatic rings. The van der Waals surface area contributed by atoms with Crippen molar-refractivity contribution in [1.82, 2.24) is 0 Å². The molecule has 3 heterocycles. The fourth-order valence-electron chi connectivity index (χ4n) is 6.96. The van der Waals surface area contributed by atoms with E-state index >= 15 is 0 Å². The summed E-state index contributed by atoms with van der Waals surface area (Å²) in [7, 11) is 0. The first kappa shape index (κ1) is 34.7. The number of fused-ring (bicyclic) bond motifs is 1. The maximum absolute atomic E-state index is 13.0. The van der Waals surface area contributed by atoms with Gasteiger partial charge in [-0.3, -0.25) is 9.59 Å². The van der Waals surface area contributed by atoms with Crippen LogP contribution in [0.15, 0.2) is 0 Å². The summed E-state index contributed by atoms with van der Waals surface area (Å²) in [4.78, 5) is 26.1. The Kier molecular flexibility index (Phi) is 15.6. The SMILES string of the molecule is CCCCCCCCCCCC1OC1COC(=O)C1CC2OC2CC1C(=O)OCC1OC1CCCCCCCCCCC. The van der Waals surface area contributed by atoms with Gasteiger partial charge in [-0.2, -0.15) is 0 Å². The predicted molar refractivity (Wildman–Crippen MR) is 168 cm³/mol. The highest BCUT2D eigenvalue weighted by Crippen LogP contribution is 2.44. The smallest absolute Gasteiger partial charge is 0.310 e. The van der Waals surface area contributed by atoms with Crippen LogP contribution in [0.25, 0.3) is 0 Å². The lowest BCUT2D eigenvalue weighted by molar-refractivity contribution is -0.162. The number of epoxide rings is 3. The number of ether oxygens (including phenoxy) is 5. The van der Waals surface area contributed by atoms with E-state index in [1.165, 1.54) is 116 Å². The van der Waals surface area contributed by atoms with Crippen molar-refractivity contribution in [2.45, 2.75) is 192 Å². The molecule has 0 spiro atoms. The monoisotopic (exact) mass is 606 g/mol. The number of hydrogen-bond donors (Lipinski definition) is 0. The van der Waals surface area contributed by atoms with Gasteiger partial charge < -0.3 is 23.7 Å². The molecule has 0 aromatic rings. The lowest BCUT2D eigenvalue weighted by Crippen LogP contribution is -2.38. The molecular weight excluding hydrogens is 544 g/mol. The highest BCUT2D eigenvalue weighted by molar-refractivity contribution is 5.82. The summed E-state index contributed by atoms with van der Waals surface area (Å²) in [5, 5.41) is 0. The Morgan fingerprint density at radius 2 is 0.837 bits per heavy atom. The maximum atomic E-state index is 13.0. The molecule has 8 unspecified atom stereocenters. The van der Waals surface area contributed by atoms with E-state index in [9.17, 15) is 9.59 Å². The molecule has 0 radical (unpaired) electrons. The molecule has 3 saturated heterocycles. The van der Waals surface area contributed by atoms with Crippen LogP contribution in [-0.4, -0.2) is 61.8 Å². The second-order valence-electron chi connectivity index (χ2n) is 13.8. The molecule has 7 heteroatoms. The van der Waals surface area contributed by atoms with Gasteiger partial charge in [-0.1, -0.05) is 129 Å². The van der Waals surface area contributed by atoms with Crippen molar-refractivity contribution in [3.05, 3.63) is 0 Å². The summed E-state index contributed by atoms with van der Waals surface area (Å²) in [6.07, 6.45) is 27.4. The summed E-state index contributed by atoms with van der Waals surface area (Å²) in [5.74, 6) is -1.61. The van der Waals surface area contributed by atoms with Gasteiger partial charge in [-0.05, 0) is 25.7 Å². The number of unbranched alkanes of at least 4 members (excludes halogenated alkanes) is 16. The average molecular weight is 607 g/mol. The third-order valence-corrected chi connectivity index (χ3v) is 10.1. The lowest BCUT2D eigenvalue weighted by atomic mass is 9.79. The number of carbonyl (C=O) groups excluding carboxylic acids is 2. The molecule has 4 rings (SSSR count). The molecule has 0 amide bonds. The molecule has 8 atom stereocenters. The molecular formula is C36H62O7. The average Bonchev–Trinajstić information content (AvgIpc) is 3.92. The molecule has 0 N–H and O–H groups in total. The number of esters is 2. The van der Waals surface area contributed by atoms with E-state index in [0.717, 1.165) is 12.8 Å². The summed E-state index contributed by atoms with van der Waals surface area (Å²) in [6, 6.07) is 0. The van der Waals surface area contributed by atoms with Crippen molar-refractivity contribution in [3.8, 4) is 0 Å². The quantitative estimate of drug-likeness (QED) is 0.0556. The Morgan fingerprint density at radius 3 is 1.21 bits per heavy atom. The van der Waals surface area contributed by atoms with Gasteiger partial charge in [0.15, 0.2) is 0 Å². The Labute approximate surface area is 261 Å². The second kappa shape index (κ2) is 19.4. The van der Waals surface area contributed by atoms with E-state index < -0.39 is 11.8 Å². The molecule has 0 aromatic carbocycles. The third-order valence-electron chi connectivity index (χ3n) is 10.1. The minimum Gasteiger partial charge on any atom is -0.463 e. The van der Waals surface area contributed by atoms with Crippen LogP contribution in [0.3, 0.4) is 0 Å². The van der Waals surface area contributed by atoms with Gasteiger partial charge in [0.2, 0.25) is 0 Å². The van der Waals surface area contributed by atoms with E-state index in [-0.39, 0.29) is 61.8 Å². The van der Waals surface area contributed by atoms with Gasteiger partial charge in [-0.25, -0.2) is 0 Å². The molecule has 0 bridgehead atoms. The van der Waals surface area contributed by atoms with Crippen LogP contribution in [0.2, 0.25) is 0 Å². The largest absolute Gasteiger partial charge is 0.463 e. The van der Waals surface area contributed by atoms with Gasteiger partial charge in [-0.15, -0.1) is 0 Å². The van der Waals surface area contributed by atoms with Crippen LogP contribution in [0, 0.1) is 11.8 Å². The number of carbonyl (C=O) groups is 2. The topological polar surface area (TPSA) is 90.2 Å². The minimum atomic E-state index is -0.497. The zero-order valence-electron chi connectivity index (χ0n) is 27.4. The number of hydrogen-bond acceptors (Lipinski definition) is 7. The highest BCUT2D eigenvalue weighted by Gasteiger charge is 2.54. The predicted octanol–water partition coefficient (Wildman–Crippen LogP) is 8.24. The molecule has 1 aliphatic carbocycles. The van der Waals surface area contributed by atoms with Crippen LogP contribution in [-0.2, 0) is 33.3 Å². The standard InChI is InChI=1S/C36H62O7/c1-3-5-7-9-11-13-15-17-19-21-29-33(41-29)25-39-35(37)27-23-31-32(43-31)24-28(27)36(38)40-26-34-30(42-34)22-20-18-16-14-12-10-8-6-4-2/h27-34H,3-26H2,1-2H3. The fourth-order valence-corrected chi connectivity index (χ4v) is 6.96. The molecule has 3 aliphatic heterocycles. The molecule has 1 saturated carbocycles. The molecule has 7 nitrogen and oxygen atoms in total. The third kappa shape index (κ3) is 13.0. The van der Waals surface area contributed by atoms with Crippen LogP contribution in [0.4, 0.5) is 0 Å². The highest BCUT2D eigenvalue weighted by atomic mass is 16.6. The first-order chi connectivity index (χ1) is 21.1. The number of rotatable bonds is 26. The lowest BCUT2D eigenvalue weighted by Gasteiger charge is -2.26. The van der Waals surface area contributed by atoms with Crippen LogP contribution >= 0.6 is 0 Å². The van der Waals surface area contributed by atoms with Crippen molar-refractivity contribution in [2.75, 3.05) is 13.2 Å². The molecule has 43 heavy (non-hydrogen) atoms.